The van der Waals surface area contributed by atoms with E-state index in [0.29, 0.717) is 16.7 Å². The van der Waals surface area contributed by atoms with E-state index in [9.17, 15) is 24.4 Å². The zero-order valence-electron chi connectivity index (χ0n) is 20.0. The number of hydrogen-bond acceptors (Lipinski definition) is 6. The van der Waals surface area contributed by atoms with Crippen molar-refractivity contribution in [3.05, 3.63) is 108 Å². The van der Waals surface area contributed by atoms with Crippen LogP contribution in [-0.4, -0.2) is 52.8 Å². The van der Waals surface area contributed by atoms with Crippen molar-refractivity contribution in [3.63, 3.8) is 0 Å². The van der Waals surface area contributed by atoms with Crippen LogP contribution in [0.4, 0.5) is 4.79 Å². The first kappa shape index (κ1) is 25.0. The van der Waals surface area contributed by atoms with Gasteiger partial charge in [-0.1, -0.05) is 91.0 Å². The summed E-state index contributed by atoms with van der Waals surface area (Å²) in [5.74, 6) is -2.14. The van der Waals surface area contributed by atoms with Crippen LogP contribution in [-0.2, 0) is 20.1 Å². The summed E-state index contributed by atoms with van der Waals surface area (Å²) in [6.45, 7) is 0. The molecule has 184 valence electrons. The van der Waals surface area contributed by atoms with Crippen LogP contribution in [0.2, 0.25) is 0 Å². The molecule has 8 heteroatoms. The minimum atomic E-state index is -2.04. The van der Waals surface area contributed by atoms with Gasteiger partial charge in [0.1, 0.15) is 5.41 Å². The summed E-state index contributed by atoms with van der Waals surface area (Å²) in [4.78, 5) is 60.5. The Bertz CT molecular complexity index is 1210. The van der Waals surface area contributed by atoms with Crippen LogP contribution < -0.4 is 0 Å². The third-order valence-electron chi connectivity index (χ3n) is 6.75. The SMILES string of the molecule is CN1C(=O)N(C)C(=O)C(CC(=O)c2ccccc2)(CC(OO)(c2ccccc2)c2ccccc2)C1=O. The second-order valence-electron chi connectivity index (χ2n) is 8.89. The molecule has 1 saturated heterocycles. The average molecular weight is 487 g/mol. The maximum absolute atomic E-state index is 13.8. The number of amides is 4. The number of carbonyl (C=O) groups excluding carboxylic acids is 4. The molecular weight excluding hydrogens is 460 g/mol. The predicted octanol–water partition coefficient (Wildman–Crippen LogP) is 4.12. The lowest BCUT2D eigenvalue weighted by molar-refractivity contribution is -0.321. The van der Waals surface area contributed by atoms with Gasteiger partial charge >= 0.3 is 6.03 Å². The van der Waals surface area contributed by atoms with Gasteiger partial charge in [-0.25, -0.2) is 9.68 Å². The van der Waals surface area contributed by atoms with Crippen molar-refractivity contribution in [2.45, 2.75) is 18.4 Å². The third kappa shape index (κ3) is 4.10. The third-order valence-corrected chi connectivity index (χ3v) is 6.75. The van der Waals surface area contributed by atoms with Crippen LogP contribution in [0, 0.1) is 5.41 Å². The van der Waals surface area contributed by atoms with Crippen LogP contribution >= 0.6 is 0 Å². The lowest BCUT2D eigenvalue weighted by atomic mass is 9.66. The van der Waals surface area contributed by atoms with E-state index in [1.807, 2.05) is 0 Å². The fourth-order valence-corrected chi connectivity index (χ4v) is 4.85. The quantitative estimate of drug-likeness (QED) is 0.222. The van der Waals surface area contributed by atoms with Crippen LogP contribution in [0.15, 0.2) is 91.0 Å². The molecule has 0 saturated carbocycles. The molecule has 0 bridgehead atoms. The van der Waals surface area contributed by atoms with Crippen molar-refractivity contribution in [1.82, 2.24) is 9.80 Å². The number of urea groups is 1. The molecule has 1 N–H and O–H groups in total. The van der Waals surface area contributed by atoms with Crippen LogP contribution in [0.5, 0.6) is 0 Å². The Hall–Kier alpha value is -4.14. The number of Topliss-reactive ketones (excluding diaryl/α,β-unsaturated/α-hetero) is 1. The highest BCUT2D eigenvalue weighted by molar-refractivity contribution is 6.21. The number of rotatable bonds is 8. The molecule has 8 nitrogen and oxygen atoms in total. The molecule has 36 heavy (non-hydrogen) atoms. The Morgan fingerprint density at radius 2 is 1.19 bits per heavy atom. The zero-order chi connectivity index (χ0) is 25.9. The summed E-state index contributed by atoms with van der Waals surface area (Å²) >= 11 is 0. The Morgan fingerprint density at radius 1 is 0.778 bits per heavy atom. The summed E-state index contributed by atoms with van der Waals surface area (Å²) < 4.78 is 0. The van der Waals surface area contributed by atoms with Gasteiger partial charge < -0.3 is 0 Å². The molecule has 0 aromatic heterocycles. The van der Waals surface area contributed by atoms with Crippen LogP contribution in [0.3, 0.4) is 0 Å². The molecule has 4 rings (SSSR count). The van der Waals surface area contributed by atoms with Gasteiger partial charge in [-0.15, -0.1) is 0 Å². The molecule has 3 aromatic rings. The summed E-state index contributed by atoms with van der Waals surface area (Å²) in [7, 11) is 2.53. The Balaban J connectivity index is 1.94. The van der Waals surface area contributed by atoms with Crippen molar-refractivity contribution < 1.29 is 29.3 Å². The summed E-state index contributed by atoms with van der Waals surface area (Å²) in [5, 5.41) is 10.4. The second-order valence-corrected chi connectivity index (χ2v) is 8.89. The number of imide groups is 2. The number of ketones is 1. The van der Waals surface area contributed by atoms with Crippen molar-refractivity contribution >= 4 is 23.6 Å². The van der Waals surface area contributed by atoms with E-state index >= 15 is 0 Å². The molecule has 3 aromatic carbocycles. The van der Waals surface area contributed by atoms with Gasteiger partial charge in [0.25, 0.3) is 0 Å². The Kier molecular flexibility index (Phi) is 6.83. The standard InChI is InChI=1S/C28H26N2O6/c1-29-24(32)27(25(33)30(2)26(29)34,18-23(31)20-12-6-3-7-13-20)19-28(36-35,21-14-8-4-9-15-21)22-16-10-5-11-17-22/h3-17,35H,18-19H2,1-2H3. The van der Waals surface area contributed by atoms with Gasteiger partial charge in [0, 0.05) is 32.5 Å². The summed E-state index contributed by atoms with van der Waals surface area (Å²) in [6, 6.07) is 24.8. The summed E-state index contributed by atoms with van der Waals surface area (Å²) in [6.07, 6.45) is -0.954. The highest BCUT2D eigenvalue weighted by Gasteiger charge is 2.60. The maximum atomic E-state index is 13.8. The molecule has 0 unspecified atom stereocenters. The normalized spacial score (nSPS) is 15.8. The fourth-order valence-electron chi connectivity index (χ4n) is 4.85. The predicted molar refractivity (Wildman–Crippen MR) is 131 cm³/mol. The number of barbiturate groups is 1. The lowest BCUT2D eigenvalue weighted by Gasteiger charge is -2.45. The van der Waals surface area contributed by atoms with E-state index in [-0.39, 0.29) is 0 Å². The molecule has 0 atom stereocenters. The van der Waals surface area contributed by atoms with Crippen LogP contribution in [0.25, 0.3) is 0 Å². The first-order valence-corrected chi connectivity index (χ1v) is 11.4. The van der Waals surface area contributed by atoms with Gasteiger partial charge in [-0.2, -0.15) is 0 Å². The molecule has 1 aliphatic rings. The molecule has 1 aliphatic heterocycles. The maximum Gasteiger partial charge on any atom is 0.332 e. The number of hydrogen-bond donors (Lipinski definition) is 1. The van der Waals surface area contributed by atoms with Gasteiger partial charge in [0.05, 0.1) is 0 Å². The highest BCUT2D eigenvalue weighted by Crippen LogP contribution is 2.48. The Labute approximate surface area is 208 Å². The van der Waals surface area contributed by atoms with E-state index in [4.69, 9.17) is 4.89 Å². The minimum Gasteiger partial charge on any atom is -0.294 e. The molecule has 0 aliphatic carbocycles. The smallest absolute Gasteiger partial charge is 0.294 e. The van der Waals surface area contributed by atoms with E-state index in [1.165, 1.54) is 14.1 Å². The van der Waals surface area contributed by atoms with Gasteiger partial charge in [-0.05, 0) is 11.1 Å². The van der Waals surface area contributed by atoms with Crippen molar-refractivity contribution in [1.29, 1.82) is 0 Å². The first-order valence-electron chi connectivity index (χ1n) is 11.4. The van der Waals surface area contributed by atoms with Crippen molar-refractivity contribution in [2.75, 3.05) is 14.1 Å². The molecule has 1 heterocycles. The lowest BCUT2D eigenvalue weighted by Crippen LogP contribution is -2.65. The number of nitrogens with zero attached hydrogens (tertiary/aromatic N) is 2. The largest absolute Gasteiger partial charge is 0.332 e. The molecule has 0 spiro atoms. The second kappa shape index (κ2) is 9.85. The molecule has 4 amide bonds. The first-order chi connectivity index (χ1) is 17.3. The highest BCUT2D eigenvalue weighted by atomic mass is 17.1. The van der Waals surface area contributed by atoms with Crippen molar-refractivity contribution in [2.24, 2.45) is 5.41 Å². The van der Waals surface area contributed by atoms with E-state index < -0.39 is 47.5 Å². The van der Waals surface area contributed by atoms with E-state index in [1.54, 1.807) is 91.0 Å². The summed E-state index contributed by atoms with van der Waals surface area (Å²) in [5.41, 5.74) is -2.50. The molecule has 0 radical (unpaired) electrons. The van der Waals surface area contributed by atoms with Gasteiger partial charge in [0.2, 0.25) is 11.8 Å². The van der Waals surface area contributed by atoms with Gasteiger partial charge in [-0.3, -0.25) is 29.4 Å². The fraction of sp³-hybridized carbons (Fsp3) is 0.214. The van der Waals surface area contributed by atoms with E-state index in [0.717, 1.165) is 9.80 Å². The Morgan fingerprint density at radius 3 is 1.61 bits per heavy atom. The van der Waals surface area contributed by atoms with E-state index in [2.05, 4.69) is 0 Å². The zero-order valence-corrected chi connectivity index (χ0v) is 20.0. The molecular formula is C28H26N2O6. The minimum absolute atomic E-state index is 0.314. The topological polar surface area (TPSA) is 104 Å². The number of benzene rings is 3. The number of carbonyl (C=O) groups is 4. The monoisotopic (exact) mass is 486 g/mol. The van der Waals surface area contributed by atoms with Crippen molar-refractivity contribution in [3.8, 4) is 0 Å². The van der Waals surface area contributed by atoms with Gasteiger partial charge in [0.15, 0.2) is 11.4 Å². The molecule has 1 fully saturated rings. The average Bonchev–Trinajstić information content (AvgIpc) is 2.94. The van der Waals surface area contributed by atoms with Crippen LogP contribution in [0.1, 0.15) is 34.3 Å².